The van der Waals surface area contributed by atoms with Crippen LogP contribution in [-0.4, -0.2) is 55.8 Å². The number of nitro benzene ring substituents is 1. The van der Waals surface area contributed by atoms with E-state index < -0.39 is 49.9 Å². The number of methoxy groups -OCH3 is 1. The lowest BCUT2D eigenvalue weighted by atomic mass is 10.1. The molecule has 0 unspecified atom stereocenters. The molecule has 2 atom stereocenters. The zero-order chi connectivity index (χ0) is 32.8. The summed E-state index contributed by atoms with van der Waals surface area (Å²) >= 11 is 9.68. The first-order valence-electron chi connectivity index (χ1n) is 13.6. The first kappa shape index (κ1) is 34.8. The minimum atomic E-state index is -4.62. The molecule has 0 heterocycles. The van der Waals surface area contributed by atoms with Crippen LogP contribution in [0.15, 0.2) is 70.0 Å². The maximum atomic E-state index is 14.2. The number of rotatable bonds is 13. The van der Waals surface area contributed by atoms with Crippen LogP contribution in [0.1, 0.15) is 38.3 Å². The number of ether oxygens (including phenoxy) is 1. The van der Waals surface area contributed by atoms with E-state index >= 15 is 0 Å². The minimum absolute atomic E-state index is 0.00998. The van der Waals surface area contributed by atoms with Crippen molar-refractivity contribution in [2.75, 3.05) is 18.0 Å². The molecule has 0 radical (unpaired) electrons. The summed E-state index contributed by atoms with van der Waals surface area (Å²) in [5.74, 6) is -1.02. The first-order valence-corrected chi connectivity index (χ1v) is 16.3. The van der Waals surface area contributed by atoms with E-state index in [0.29, 0.717) is 12.0 Å². The van der Waals surface area contributed by atoms with E-state index in [4.69, 9.17) is 16.3 Å². The van der Waals surface area contributed by atoms with Gasteiger partial charge in [-0.15, -0.1) is 0 Å². The monoisotopic (exact) mass is 708 g/mol. The van der Waals surface area contributed by atoms with Crippen LogP contribution in [0.25, 0.3) is 0 Å². The molecule has 0 aliphatic heterocycles. The molecule has 3 aromatic rings. The third kappa shape index (κ3) is 8.27. The van der Waals surface area contributed by atoms with E-state index in [9.17, 15) is 28.1 Å². The number of hydrogen-bond acceptors (Lipinski definition) is 7. The largest absolute Gasteiger partial charge is 0.495 e. The van der Waals surface area contributed by atoms with Gasteiger partial charge >= 0.3 is 0 Å². The van der Waals surface area contributed by atoms with Crippen molar-refractivity contribution in [1.82, 2.24) is 10.2 Å². The Kier molecular flexibility index (Phi) is 11.8. The molecule has 44 heavy (non-hydrogen) atoms. The number of amides is 2. The van der Waals surface area contributed by atoms with Crippen LogP contribution in [0, 0.1) is 17.0 Å². The van der Waals surface area contributed by atoms with Crippen molar-refractivity contribution < 1.29 is 27.7 Å². The number of anilines is 1. The number of hydrogen-bond donors (Lipinski definition) is 1. The van der Waals surface area contributed by atoms with Crippen molar-refractivity contribution in [1.29, 1.82) is 0 Å². The highest BCUT2D eigenvalue weighted by molar-refractivity contribution is 9.10. The lowest BCUT2D eigenvalue weighted by Gasteiger charge is -2.33. The quantitative estimate of drug-likeness (QED) is 0.173. The van der Waals surface area contributed by atoms with Crippen molar-refractivity contribution in [2.24, 2.45) is 0 Å². The van der Waals surface area contributed by atoms with Gasteiger partial charge in [-0.1, -0.05) is 52.7 Å². The van der Waals surface area contributed by atoms with Crippen LogP contribution in [0.5, 0.6) is 5.75 Å². The van der Waals surface area contributed by atoms with Gasteiger partial charge in [-0.3, -0.25) is 24.0 Å². The highest BCUT2D eigenvalue weighted by atomic mass is 79.9. The van der Waals surface area contributed by atoms with E-state index in [0.717, 1.165) is 14.8 Å². The van der Waals surface area contributed by atoms with Gasteiger partial charge in [-0.05, 0) is 69.2 Å². The number of nitro groups is 1. The van der Waals surface area contributed by atoms with E-state index in [1.165, 1.54) is 49.3 Å². The van der Waals surface area contributed by atoms with Gasteiger partial charge in [0.1, 0.15) is 18.3 Å². The Bertz CT molecular complexity index is 1650. The molecule has 0 aromatic heterocycles. The zero-order valence-electron chi connectivity index (χ0n) is 24.9. The second-order valence-corrected chi connectivity index (χ2v) is 13.4. The molecule has 0 saturated heterocycles. The van der Waals surface area contributed by atoms with Crippen LogP contribution in [-0.2, 0) is 26.2 Å². The van der Waals surface area contributed by atoms with Crippen LogP contribution in [0.4, 0.5) is 11.4 Å². The molecule has 236 valence electrons. The number of halogens is 2. The van der Waals surface area contributed by atoms with Gasteiger partial charge in [0.2, 0.25) is 11.8 Å². The van der Waals surface area contributed by atoms with E-state index in [1.807, 2.05) is 19.9 Å². The van der Waals surface area contributed by atoms with Crippen LogP contribution in [0.3, 0.4) is 0 Å². The standard InChI is InChI=1S/C30H34BrClN4O7S/c1-6-20(3)33-30(38)21(4)34(17-22-8-7-9-23(31)14-22)29(37)18-35(27-15-24(32)11-13-28(27)43-5)44(41,42)25-12-10-19(2)26(16-25)36(39)40/h7-16,20-21H,6,17-18H2,1-5H3,(H,33,38)/t20-,21-/m0/s1. The lowest BCUT2D eigenvalue weighted by molar-refractivity contribution is -0.385. The van der Waals surface area contributed by atoms with E-state index in [-0.39, 0.29) is 34.6 Å². The fourth-order valence-electron chi connectivity index (χ4n) is 4.33. The fourth-order valence-corrected chi connectivity index (χ4v) is 6.38. The molecule has 3 rings (SSSR count). The summed E-state index contributed by atoms with van der Waals surface area (Å²) in [6.45, 7) is 6.03. The van der Waals surface area contributed by atoms with Gasteiger partial charge < -0.3 is 15.0 Å². The summed E-state index contributed by atoms with van der Waals surface area (Å²) in [5, 5.41) is 14.7. The van der Waals surface area contributed by atoms with Crippen LogP contribution in [0.2, 0.25) is 5.02 Å². The smallest absolute Gasteiger partial charge is 0.273 e. The number of nitrogens with zero attached hydrogens (tertiary/aromatic N) is 3. The average Bonchev–Trinajstić information content (AvgIpc) is 2.97. The Hall–Kier alpha value is -3.68. The van der Waals surface area contributed by atoms with Gasteiger partial charge in [0.05, 0.1) is 22.6 Å². The van der Waals surface area contributed by atoms with E-state index in [1.54, 1.807) is 25.1 Å². The highest BCUT2D eigenvalue weighted by Gasteiger charge is 2.35. The normalized spacial score (nSPS) is 12.6. The van der Waals surface area contributed by atoms with Crippen molar-refractivity contribution in [3.05, 3.63) is 91.4 Å². The summed E-state index contributed by atoms with van der Waals surface area (Å²) in [6, 6.07) is 13.8. The molecule has 14 heteroatoms. The van der Waals surface area contributed by atoms with Crippen LogP contribution < -0.4 is 14.4 Å². The number of sulfonamides is 1. The number of benzene rings is 3. The molecule has 2 amide bonds. The van der Waals surface area contributed by atoms with Gasteiger partial charge in [-0.25, -0.2) is 8.42 Å². The van der Waals surface area contributed by atoms with Gasteiger partial charge in [0.15, 0.2) is 0 Å². The Balaban J connectivity index is 2.16. The van der Waals surface area contributed by atoms with Crippen LogP contribution >= 0.6 is 27.5 Å². The third-order valence-corrected chi connectivity index (χ3v) is 9.55. The Morgan fingerprint density at radius 3 is 2.43 bits per heavy atom. The van der Waals surface area contributed by atoms with Gasteiger partial charge in [0, 0.05) is 33.7 Å². The Labute approximate surface area is 270 Å². The van der Waals surface area contributed by atoms with Crippen molar-refractivity contribution in [3.63, 3.8) is 0 Å². The van der Waals surface area contributed by atoms with Gasteiger partial charge in [0.25, 0.3) is 15.7 Å². The predicted octanol–water partition coefficient (Wildman–Crippen LogP) is 5.86. The molecular formula is C30H34BrClN4O7S. The number of aryl methyl sites for hydroxylation is 1. The SMILES string of the molecule is CC[C@H](C)NC(=O)[C@H](C)N(Cc1cccc(Br)c1)C(=O)CN(c1cc(Cl)ccc1OC)S(=O)(=O)c1ccc(C)c([N+](=O)[O-])c1. The molecule has 0 spiro atoms. The summed E-state index contributed by atoms with van der Waals surface area (Å²) in [7, 11) is -3.29. The fraction of sp³-hybridized carbons (Fsp3) is 0.333. The topological polar surface area (TPSA) is 139 Å². The van der Waals surface area contributed by atoms with E-state index in [2.05, 4.69) is 21.2 Å². The zero-order valence-corrected chi connectivity index (χ0v) is 28.1. The van der Waals surface area contributed by atoms with Crippen molar-refractivity contribution in [2.45, 2.75) is 57.6 Å². The summed E-state index contributed by atoms with van der Waals surface area (Å²) < 4.78 is 35.4. The van der Waals surface area contributed by atoms with Crippen molar-refractivity contribution >= 4 is 60.7 Å². The van der Waals surface area contributed by atoms with Gasteiger partial charge in [-0.2, -0.15) is 0 Å². The van der Waals surface area contributed by atoms with Crippen molar-refractivity contribution in [3.8, 4) is 5.75 Å². The molecule has 1 N–H and O–H groups in total. The minimum Gasteiger partial charge on any atom is -0.495 e. The molecule has 0 aliphatic carbocycles. The Morgan fingerprint density at radius 1 is 1.11 bits per heavy atom. The second kappa shape index (κ2) is 14.9. The number of carbonyl (C=O) groups excluding carboxylic acids is 2. The average molecular weight is 710 g/mol. The number of carbonyl (C=O) groups is 2. The molecule has 0 bridgehead atoms. The predicted molar refractivity (Wildman–Crippen MR) is 172 cm³/mol. The highest BCUT2D eigenvalue weighted by Crippen LogP contribution is 2.36. The molecular weight excluding hydrogens is 676 g/mol. The summed E-state index contributed by atoms with van der Waals surface area (Å²) in [5.41, 5.74) is 0.496. The summed E-state index contributed by atoms with van der Waals surface area (Å²) in [6.07, 6.45) is 0.668. The molecule has 11 nitrogen and oxygen atoms in total. The molecule has 0 aliphatic rings. The maximum absolute atomic E-state index is 14.2. The molecule has 0 fully saturated rings. The third-order valence-electron chi connectivity index (χ3n) is 7.06. The second-order valence-electron chi connectivity index (χ2n) is 10.2. The maximum Gasteiger partial charge on any atom is 0.273 e. The molecule has 0 saturated carbocycles. The molecule has 3 aromatic carbocycles. The number of nitrogens with one attached hydrogen (secondary N) is 1. The lowest BCUT2D eigenvalue weighted by Crippen LogP contribution is -2.52. The summed E-state index contributed by atoms with van der Waals surface area (Å²) in [4.78, 5) is 39.2. The first-order chi connectivity index (χ1) is 20.7. The Morgan fingerprint density at radius 2 is 1.82 bits per heavy atom.